The van der Waals surface area contributed by atoms with Gasteiger partial charge in [-0.3, -0.25) is 19.1 Å². The maximum atomic E-state index is 14.1. The summed E-state index contributed by atoms with van der Waals surface area (Å²) in [6, 6.07) is 6.44. The van der Waals surface area contributed by atoms with Crippen molar-refractivity contribution in [3.05, 3.63) is 42.2 Å². The van der Waals surface area contributed by atoms with E-state index in [0.29, 0.717) is 26.7 Å². The Bertz CT molecular complexity index is 1700. The standard InChI is InChI=1S/C27H31F4N3O9S2/c1-15(24(35)33-44(37,38)18-6-7-18)11-17-14-34(45(39,40)19-8-9-20(28)23(13-19)41-4)21-12-16(5-10-22(21)42-17)32-25(36)43-26(2,3)27(29,30)31/h5,8-10,12-13,15,17-18H,6-7,11,14H2,1-4H3,(H,32,36)(H,33,35)/t15-,17-/m0/s1. The molecule has 0 aromatic heterocycles. The number of carbonyl (C=O) groups is 2. The van der Waals surface area contributed by atoms with Crippen molar-refractivity contribution in [1.82, 2.24) is 4.72 Å². The van der Waals surface area contributed by atoms with Gasteiger partial charge in [-0.05, 0) is 63.4 Å². The highest BCUT2D eigenvalue weighted by Crippen LogP contribution is 2.41. The number of hydrogen-bond acceptors (Lipinski definition) is 9. The Labute approximate surface area is 257 Å². The van der Waals surface area contributed by atoms with Crippen molar-refractivity contribution in [2.45, 2.75) is 68.1 Å². The quantitative estimate of drug-likeness (QED) is 0.349. The fourth-order valence-electron chi connectivity index (χ4n) is 4.30. The van der Waals surface area contributed by atoms with E-state index in [0.717, 1.165) is 35.7 Å². The van der Waals surface area contributed by atoms with Crippen LogP contribution in [0.5, 0.6) is 11.5 Å². The molecule has 2 N–H and O–H groups in total. The summed E-state index contributed by atoms with van der Waals surface area (Å²) in [5.41, 5.74) is -3.12. The smallest absolute Gasteiger partial charge is 0.427 e. The first-order valence-electron chi connectivity index (χ1n) is 13.5. The molecule has 248 valence electrons. The number of nitrogens with one attached hydrogen (secondary N) is 2. The zero-order valence-electron chi connectivity index (χ0n) is 24.5. The van der Waals surface area contributed by atoms with E-state index < -0.39 is 78.4 Å². The highest BCUT2D eigenvalue weighted by molar-refractivity contribution is 7.92. The van der Waals surface area contributed by atoms with Gasteiger partial charge in [0.2, 0.25) is 21.5 Å². The fourth-order valence-corrected chi connectivity index (χ4v) is 7.22. The third kappa shape index (κ3) is 7.54. The molecule has 2 atom stereocenters. The lowest BCUT2D eigenvalue weighted by Crippen LogP contribution is -2.46. The SMILES string of the molecule is COc1cc(S(=O)(=O)N2C[C@H](C[C@H](C)C(=O)NS(=O)(=O)C3CC3)Oc3ccc(NC(=O)OC(C)(C)C(F)(F)F)cc32)ccc1F. The fraction of sp³-hybridized carbons (Fsp3) is 0.481. The molecule has 0 spiro atoms. The highest BCUT2D eigenvalue weighted by atomic mass is 32.2. The molecule has 2 aromatic carbocycles. The average Bonchev–Trinajstić information content (AvgIpc) is 3.78. The van der Waals surface area contributed by atoms with Gasteiger partial charge < -0.3 is 14.2 Å². The topological polar surface area (TPSA) is 157 Å². The molecule has 1 fully saturated rings. The molecule has 0 unspecified atom stereocenters. The lowest BCUT2D eigenvalue weighted by atomic mass is 10.0. The van der Waals surface area contributed by atoms with Crippen molar-refractivity contribution in [2.75, 3.05) is 23.3 Å². The molecule has 18 heteroatoms. The van der Waals surface area contributed by atoms with Crippen LogP contribution >= 0.6 is 0 Å². The number of amides is 2. The minimum atomic E-state index is -4.87. The number of alkyl halides is 3. The summed E-state index contributed by atoms with van der Waals surface area (Å²) in [4.78, 5) is 24.6. The van der Waals surface area contributed by atoms with Gasteiger partial charge in [-0.2, -0.15) is 13.2 Å². The normalized spacial score (nSPS) is 17.9. The van der Waals surface area contributed by atoms with E-state index in [4.69, 9.17) is 9.47 Å². The summed E-state index contributed by atoms with van der Waals surface area (Å²) in [6.45, 7) is 2.33. The monoisotopic (exact) mass is 681 g/mol. The number of sulfonamides is 2. The Morgan fingerprint density at radius 1 is 1.09 bits per heavy atom. The molecule has 2 amide bonds. The van der Waals surface area contributed by atoms with Gasteiger partial charge in [-0.25, -0.2) is 26.0 Å². The second kappa shape index (κ2) is 12.2. The van der Waals surface area contributed by atoms with Gasteiger partial charge in [-0.15, -0.1) is 0 Å². The van der Waals surface area contributed by atoms with Crippen LogP contribution in [0.4, 0.5) is 33.7 Å². The Morgan fingerprint density at radius 3 is 2.36 bits per heavy atom. The molecule has 1 aliphatic carbocycles. The number of anilines is 2. The van der Waals surface area contributed by atoms with E-state index in [9.17, 15) is 44.0 Å². The van der Waals surface area contributed by atoms with E-state index in [2.05, 4.69) is 10.1 Å². The second-order valence-electron chi connectivity index (χ2n) is 11.1. The van der Waals surface area contributed by atoms with Crippen molar-refractivity contribution in [2.24, 2.45) is 5.92 Å². The van der Waals surface area contributed by atoms with Gasteiger partial charge in [0, 0.05) is 17.7 Å². The number of methoxy groups -OCH3 is 1. The van der Waals surface area contributed by atoms with Crippen LogP contribution in [0.2, 0.25) is 0 Å². The van der Waals surface area contributed by atoms with Crippen LogP contribution in [0.1, 0.15) is 40.0 Å². The minimum Gasteiger partial charge on any atom is -0.494 e. The first-order chi connectivity index (χ1) is 20.7. The van der Waals surface area contributed by atoms with Gasteiger partial charge in [0.25, 0.3) is 10.0 Å². The molecule has 4 rings (SSSR count). The predicted octanol–water partition coefficient (Wildman–Crippen LogP) is 4.31. The summed E-state index contributed by atoms with van der Waals surface area (Å²) in [7, 11) is -7.21. The largest absolute Gasteiger partial charge is 0.494 e. The molecule has 2 aliphatic rings. The lowest BCUT2D eigenvalue weighted by molar-refractivity contribution is -0.242. The summed E-state index contributed by atoms with van der Waals surface area (Å²) < 4.78 is 124. The number of carbonyl (C=O) groups excluding carboxylic acids is 2. The minimum absolute atomic E-state index is 0.0448. The Kier molecular flexibility index (Phi) is 9.23. The van der Waals surface area contributed by atoms with Gasteiger partial charge in [-0.1, -0.05) is 6.92 Å². The molecule has 1 saturated carbocycles. The molecule has 12 nitrogen and oxygen atoms in total. The molecule has 0 bridgehead atoms. The number of fused-ring (bicyclic) bond motifs is 1. The Hall–Kier alpha value is -3.80. The number of rotatable bonds is 10. The van der Waals surface area contributed by atoms with Crippen molar-refractivity contribution in [3.63, 3.8) is 0 Å². The van der Waals surface area contributed by atoms with Crippen molar-refractivity contribution in [3.8, 4) is 11.5 Å². The van der Waals surface area contributed by atoms with Crippen LogP contribution in [0.3, 0.4) is 0 Å². The Balaban J connectivity index is 1.65. The third-order valence-corrected chi connectivity index (χ3v) is 10.8. The summed E-state index contributed by atoms with van der Waals surface area (Å²) in [6.07, 6.45) is -6.57. The van der Waals surface area contributed by atoms with Crippen LogP contribution in [0.15, 0.2) is 41.3 Å². The van der Waals surface area contributed by atoms with Crippen LogP contribution < -0.4 is 23.8 Å². The van der Waals surface area contributed by atoms with E-state index in [1.165, 1.54) is 19.1 Å². The van der Waals surface area contributed by atoms with Crippen molar-refractivity contribution in [1.29, 1.82) is 0 Å². The third-order valence-electron chi connectivity index (χ3n) is 7.15. The van der Waals surface area contributed by atoms with Crippen LogP contribution in [0.25, 0.3) is 0 Å². The molecule has 45 heavy (non-hydrogen) atoms. The van der Waals surface area contributed by atoms with Gasteiger partial charge in [0.05, 0.1) is 29.5 Å². The number of hydrogen-bond donors (Lipinski definition) is 2. The zero-order chi connectivity index (χ0) is 33.5. The average molecular weight is 682 g/mol. The predicted molar refractivity (Wildman–Crippen MR) is 152 cm³/mol. The molecule has 2 aromatic rings. The zero-order valence-corrected chi connectivity index (χ0v) is 26.1. The number of ether oxygens (including phenoxy) is 3. The first-order valence-corrected chi connectivity index (χ1v) is 16.5. The molecule has 1 aliphatic heterocycles. The summed E-state index contributed by atoms with van der Waals surface area (Å²) in [5.74, 6) is -2.98. The van der Waals surface area contributed by atoms with Crippen molar-refractivity contribution < 1.29 is 58.2 Å². The molecule has 1 heterocycles. The first kappa shape index (κ1) is 34.1. The molecule has 0 radical (unpaired) electrons. The van der Waals surface area contributed by atoms with Crippen LogP contribution in [-0.4, -0.2) is 65.6 Å². The van der Waals surface area contributed by atoms with E-state index >= 15 is 0 Å². The van der Waals surface area contributed by atoms with Crippen molar-refractivity contribution >= 4 is 43.4 Å². The molecular weight excluding hydrogens is 650 g/mol. The Morgan fingerprint density at radius 2 is 1.76 bits per heavy atom. The number of nitrogens with zero attached hydrogens (tertiary/aromatic N) is 1. The van der Waals surface area contributed by atoms with Crippen LogP contribution in [-0.2, 0) is 29.6 Å². The maximum Gasteiger partial charge on any atom is 0.427 e. The summed E-state index contributed by atoms with van der Waals surface area (Å²) in [5, 5.41) is 1.49. The number of benzene rings is 2. The molecular formula is C27H31F4N3O9S2. The highest BCUT2D eigenvalue weighted by Gasteiger charge is 2.51. The molecule has 0 saturated heterocycles. The van der Waals surface area contributed by atoms with Crippen LogP contribution in [0, 0.1) is 11.7 Å². The van der Waals surface area contributed by atoms with Gasteiger partial charge >= 0.3 is 12.3 Å². The lowest BCUT2D eigenvalue weighted by Gasteiger charge is -2.36. The van der Waals surface area contributed by atoms with E-state index in [1.54, 1.807) is 0 Å². The number of halogens is 4. The maximum absolute atomic E-state index is 14.1. The van der Waals surface area contributed by atoms with E-state index in [-0.39, 0.29) is 29.3 Å². The van der Waals surface area contributed by atoms with Gasteiger partial charge in [0.15, 0.2) is 11.6 Å². The second-order valence-corrected chi connectivity index (χ2v) is 14.9. The summed E-state index contributed by atoms with van der Waals surface area (Å²) >= 11 is 0. The van der Waals surface area contributed by atoms with E-state index in [1.807, 2.05) is 4.72 Å². The van der Waals surface area contributed by atoms with Gasteiger partial charge in [0.1, 0.15) is 11.9 Å².